The second-order valence-electron chi connectivity index (χ2n) is 5.66. The summed E-state index contributed by atoms with van der Waals surface area (Å²) in [6.07, 6.45) is 1.64. The van der Waals surface area contributed by atoms with Gasteiger partial charge in [-0.25, -0.2) is 9.37 Å². The molecule has 0 atom stereocenters. The van der Waals surface area contributed by atoms with Crippen LogP contribution < -0.4 is 9.64 Å². The maximum atomic E-state index is 13.2. The van der Waals surface area contributed by atoms with E-state index in [1.807, 2.05) is 13.0 Å². The number of carbonyl (C=O) groups is 1. The number of anilines is 1. The van der Waals surface area contributed by atoms with Crippen LogP contribution in [0.15, 0.2) is 72.9 Å². The maximum Gasteiger partial charge on any atom is 0.259 e. The number of nitrogens with zero attached hydrogens (tertiary/aromatic N) is 2. The number of hydrogen-bond acceptors (Lipinski definition) is 3. The molecule has 0 saturated carbocycles. The molecule has 2 aromatic carbocycles. The number of amides is 1. The lowest BCUT2D eigenvalue weighted by Gasteiger charge is -2.22. The summed E-state index contributed by atoms with van der Waals surface area (Å²) >= 11 is 0. The first kappa shape index (κ1) is 17.6. The predicted octanol–water partition coefficient (Wildman–Crippen LogP) is 4.47. The minimum atomic E-state index is -0.309. The van der Waals surface area contributed by atoms with Gasteiger partial charge in [-0.05, 0) is 61.0 Å². The molecule has 3 aromatic rings. The summed E-state index contributed by atoms with van der Waals surface area (Å²) in [5.74, 6) is 0.759. The van der Waals surface area contributed by atoms with E-state index in [1.165, 1.54) is 12.1 Å². The van der Waals surface area contributed by atoms with Crippen LogP contribution in [0.5, 0.6) is 5.75 Å². The highest BCUT2D eigenvalue weighted by Crippen LogP contribution is 2.20. The number of benzene rings is 2. The van der Waals surface area contributed by atoms with Crippen molar-refractivity contribution >= 4 is 11.7 Å². The Labute approximate surface area is 151 Å². The highest BCUT2D eigenvalue weighted by Gasteiger charge is 2.19. The smallest absolute Gasteiger partial charge is 0.259 e. The molecule has 5 heteroatoms. The first-order chi connectivity index (χ1) is 12.7. The Kier molecular flexibility index (Phi) is 5.59. The van der Waals surface area contributed by atoms with Crippen LogP contribution in [-0.4, -0.2) is 17.5 Å². The summed E-state index contributed by atoms with van der Waals surface area (Å²) in [5, 5.41) is 0. The van der Waals surface area contributed by atoms with E-state index in [9.17, 15) is 9.18 Å². The van der Waals surface area contributed by atoms with Gasteiger partial charge in [-0.1, -0.05) is 18.2 Å². The minimum Gasteiger partial charge on any atom is -0.494 e. The van der Waals surface area contributed by atoms with Crippen LogP contribution in [-0.2, 0) is 6.54 Å². The molecule has 0 aliphatic carbocycles. The lowest BCUT2D eigenvalue weighted by Crippen LogP contribution is -2.31. The molecule has 0 unspecified atom stereocenters. The molecular formula is C21H19FN2O2. The molecule has 0 aliphatic heterocycles. The summed E-state index contributed by atoms with van der Waals surface area (Å²) in [6, 6.07) is 18.5. The average molecular weight is 350 g/mol. The fourth-order valence-corrected chi connectivity index (χ4v) is 2.56. The third-order valence-electron chi connectivity index (χ3n) is 3.84. The molecule has 0 bridgehead atoms. The van der Waals surface area contributed by atoms with E-state index in [4.69, 9.17) is 4.74 Å². The van der Waals surface area contributed by atoms with Crippen LogP contribution in [0.2, 0.25) is 0 Å². The third-order valence-corrected chi connectivity index (χ3v) is 3.84. The van der Waals surface area contributed by atoms with Crippen molar-refractivity contribution in [2.75, 3.05) is 11.5 Å². The highest BCUT2D eigenvalue weighted by molar-refractivity contribution is 6.05. The summed E-state index contributed by atoms with van der Waals surface area (Å²) in [7, 11) is 0. The van der Waals surface area contributed by atoms with Gasteiger partial charge in [-0.3, -0.25) is 9.69 Å². The summed E-state index contributed by atoms with van der Waals surface area (Å²) in [4.78, 5) is 18.9. The SMILES string of the molecule is CCOc1ccc(C(=O)N(Cc2ccc(F)cc2)c2ccccn2)cc1. The van der Waals surface area contributed by atoms with Crippen molar-refractivity contribution in [1.29, 1.82) is 0 Å². The monoisotopic (exact) mass is 350 g/mol. The van der Waals surface area contributed by atoms with Crippen molar-refractivity contribution in [3.8, 4) is 5.75 Å². The van der Waals surface area contributed by atoms with Gasteiger partial charge in [0, 0.05) is 11.8 Å². The molecule has 132 valence electrons. The average Bonchev–Trinajstić information content (AvgIpc) is 2.68. The second kappa shape index (κ2) is 8.25. The zero-order valence-electron chi connectivity index (χ0n) is 14.4. The van der Waals surface area contributed by atoms with Crippen LogP contribution in [0, 0.1) is 5.82 Å². The van der Waals surface area contributed by atoms with Crippen LogP contribution >= 0.6 is 0 Å². The van der Waals surface area contributed by atoms with Crippen molar-refractivity contribution in [1.82, 2.24) is 4.98 Å². The largest absolute Gasteiger partial charge is 0.494 e. The van der Waals surface area contributed by atoms with Crippen LogP contribution in [0.25, 0.3) is 0 Å². The number of hydrogen-bond donors (Lipinski definition) is 0. The van der Waals surface area contributed by atoms with Gasteiger partial charge in [0.05, 0.1) is 13.2 Å². The van der Waals surface area contributed by atoms with E-state index in [1.54, 1.807) is 59.6 Å². The lowest BCUT2D eigenvalue weighted by molar-refractivity contribution is 0.0984. The second-order valence-corrected chi connectivity index (χ2v) is 5.66. The summed E-state index contributed by atoms with van der Waals surface area (Å²) in [5.41, 5.74) is 1.34. The zero-order chi connectivity index (χ0) is 18.4. The van der Waals surface area contributed by atoms with Gasteiger partial charge in [-0.15, -0.1) is 0 Å². The van der Waals surface area contributed by atoms with Crippen molar-refractivity contribution in [3.63, 3.8) is 0 Å². The Morgan fingerprint density at radius 2 is 1.77 bits per heavy atom. The van der Waals surface area contributed by atoms with Gasteiger partial charge in [0.15, 0.2) is 0 Å². The summed E-state index contributed by atoms with van der Waals surface area (Å²) < 4.78 is 18.6. The fourth-order valence-electron chi connectivity index (χ4n) is 2.56. The summed E-state index contributed by atoms with van der Waals surface area (Å²) in [6.45, 7) is 2.77. The Hall–Kier alpha value is -3.21. The van der Waals surface area contributed by atoms with Gasteiger partial charge in [0.1, 0.15) is 17.4 Å². The fraction of sp³-hybridized carbons (Fsp3) is 0.143. The number of rotatable bonds is 6. The van der Waals surface area contributed by atoms with E-state index in [0.717, 1.165) is 5.56 Å². The van der Waals surface area contributed by atoms with Gasteiger partial charge >= 0.3 is 0 Å². The van der Waals surface area contributed by atoms with Gasteiger partial charge in [-0.2, -0.15) is 0 Å². The zero-order valence-corrected chi connectivity index (χ0v) is 14.4. The molecule has 0 radical (unpaired) electrons. The van der Waals surface area contributed by atoms with Crippen LogP contribution in [0.4, 0.5) is 10.2 Å². The molecule has 0 aliphatic rings. The molecule has 4 nitrogen and oxygen atoms in total. The van der Waals surface area contributed by atoms with E-state index in [-0.39, 0.29) is 11.7 Å². The standard InChI is InChI=1S/C21H19FN2O2/c1-2-26-19-12-8-17(9-13-19)21(25)24(20-5-3-4-14-23-20)15-16-6-10-18(22)11-7-16/h3-14H,2,15H2,1H3. The van der Waals surface area contributed by atoms with E-state index in [2.05, 4.69) is 4.98 Å². The van der Waals surface area contributed by atoms with Crippen molar-refractivity contribution in [2.45, 2.75) is 13.5 Å². The molecule has 0 spiro atoms. The molecule has 26 heavy (non-hydrogen) atoms. The van der Waals surface area contributed by atoms with Crippen LogP contribution in [0.3, 0.4) is 0 Å². The maximum absolute atomic E-state index is 13.2. The molecule has 1 heterocycles. The first-order valence-electron chi connectivity index (χ1n) is 8.37. The normalized spacial score (nSPS) is 10.4. The molecule has 1 amide bonds. The van der Waals surface area contributed by atoms with Gasteiger partial charge in [0.25, 0.3) is 5.91 Å². The number of halogens is 1. The lowest BCUT2D eigenvalue weighted by atomic mass is 10.1. The topological polar surface area (TPSA) is 42.4 Å². The van der Waals surface area contributed by atoms with Crippen molar-refractivity contribution in [3.05, 3.63) is 89.9 Å². The number of pyridine rings is 1. The number of ether oxygens (including phenoxy) is 1. The molecule has 0 fully saturated rings. The minimum absolute atomic E-state index is 0.184. The molecule has 3 rings (SSSR count). The Balaban J connectivity index is 1.89. The number of aromatic nitrogens is 1. The Morgan fingerprint density at radius 1 is 1.04 bits per heavy atom. The highest BCUT2D eigenvalue weighted by atomic mass is 19.1. The predicted molar refractivity (Wildman–Crippen MR) is 98.8 cm³/mol. The third kappa shape index (κ3) is 4.25. The van der Waals surface area contributed by atoms with Crippen LogP contribution in [0.1, 0.15) is 22.8 Å². The van der Waals surface area contributed by atoms with Crippen molar-refractivity contribution < 1.29 is 13.9 Å². The van der Waals surface area contributed by atoms with E-state index < -0.39 is 0 Å². The molecule has 0 N–H and O–H groups in total. The first-order valence-corrected chi connectivity index (χ1v) is 8.37. The Bertz CT molecular complexity index is 849. The van der Waals surface area contributed by atoms with E-state index in [0.29, 0.717) is 30.3 Å². The van der Waals surface area contributed by atoms with E-state index >= 15 is 0 Å². The van der Waals surface area contributed by atoms with Gasteiger partial charge < -0.3 is 4.74 Å². The van der Waals surface area contributed by atoms with Crippen molar-refractivity contribution in [2.24, 2.45) is 0 Å². The molecule has 0 saturated heterocycles. The van der Waals surface area contributed by atoms with Gasteiger partial charge in [0.2, 0.25) is 0 Å². The number of carbonyl (C=O) groups excluding carboxylic acids is 1. The molecule has 1 aromatic heterocycles. The molecular weight excluding hydrogens is 331 g/mol. The quantitative estimate of drug-likeness (QED) is 0.659. The Morgan fingerprint density at radius 3 is 2.38 bits per heavy atom.